The van der Waals surface area contributed by atoms with E-state index in [0.717, 1.165) is 32.1 Å². The Hall–Kier alpha value is -0.420. The van der Waals surface area contributed by atoms with E-state index in [9.17, 15) is 0 Å². The first-order valence-electron chi connectivity index (χ1n) is 8.09. The number of hydrogen-bond donors (Lipinski definition) is 1. The van der Waals surface area contributed by atoms with E-state index in [-0.39, 0.29) is 5.54 Å². The molecule has 2 heterocycles. The molecule has 0 unspecified atom stereocenters. The number of thiophene rings is 1. The van der Waals surface area contributed by atoms with Crippen molar-refractivity contribution >= 4 is 11.3 Å². The number of piperazine rings is 1. The Morgan fingerprint density at radius 2 is 1.95 bits per heavy atom. The molecular weight excluding hydrogens is 278 g/mol. The fourth-order valence-electron chi connectivity index (χ4n) is 2.78. The van der Waals surface area contributed by atoms with Gasteiger partial charge in [-0.25, -0.2) is 0 Å². The lowest BCUT2D eigenvalue weighted by Crippen LogP contribution is -2.57. The molecule has 120 valence electrons. The summed E-state index contributed by atoms with van der Waals surface area (Å²) in [5, 5.41) is 3.53. The quantitative estimate of drug-likeness (QED) is 0.871. The van der Waals surface area contributed by atoms with Crippen molar-refractivity contribution in [2.75, 3.05) is 33.2 Å². The Bertz CT molecular complexity index is 439. The number of likely N-dealkylation sites (N-methyl/N-ethyl adjacent to an activating group) is 1. The largest absolute Gasteiger partial charge is 0.312 e. The van der Waals surface area contributed by atoms with Gasteiger partial charge in [0.2, 0.25) is 0 Å². The summed E-state index contributed by atoms with van der Waals surface area (Å²) in [6.45, 7) is 15.9. The maximum absolute atomic E-state index is 3.53. The second-order valence-corrected chi connectivity index (χ2v) is 8.59. The molecule has 1 aliphatic heterocycles. The fourth-order valence-corrected chi connectivity index (χ4v) is 3.81. The SMILES string of the molecule is CC(C)CNCc1ccc(CN2CCN(C)C(C)(C)C2)s1. The number of rotatable bonds is 6. The molecule has 1 saturated heterocycles. The van der Waals surface area contributed by atoms with Gasteiger partial charge in [0.15, 0.2) is 0 Å². The van der Waals surface area contributed by atoms with Crippen LogP contribution in [-0.4, -0.2) is 48.6 Å². The minimum atomic E-state index is 0.289. The van der Waals surface area contributed by atoms with Gasteiger partial charge in [0.05, 0.1) is 0 Å². The van der Waals surface area contributed by atoms with Crippen molar-refractivity contribution in [2.45, 2.75) is 46.3 Å². The van der Waals surface area contributed by atoms with Gasteiger partial charge in [-0.3, -0.25) is 9.80 Å². The number of nitrogens with zero attached hydrogens (tertiary/aromatic N) is 2. The molecule has 0 amide bonds. The van der Waals surface area contributed by atoms with Crippen LogP contribution in [0.4, 0.5) is 0 Å². The van der Waals surface area contributed by atoms with Crippen LogP contribution in [0.2, 0.25) is 0 Å². The van der Waals surface area contributed by atoms with Gasteiger partial charge in [-0.05, 0) is 45.5 Å². The maximum atomic E-state index is 3.53. The molecule has 3 nitrogen and oxygen atoms in total. The van der Waals surface area contributed by atoms with E-state index in [4.69, 9.17) is 0 Å². The average molecular weight is 310 g/mol. The topological polar surface area (TPSA) is 18.5 Å². The third kappa shape index (κ3) is 5.06. The third-order valence-corrected chi connectivity index (χ3v) is 5.41. The molecule has 0 atom stereocenters. The molecule has 1 fully saturated rings. The lowest BCUT2D eigenvalue weighted by atomic mass is 10.00. The third-order valence-electron chi connectivity index (χ3n) is 4.34. The van der Waals surface area contributed by atoms with Crippen molar-refractivity contribution in [1.82, 2.24) is 15.1 Å². The molecular formula is C17H31N3S. The van der Waals surface area contributed by atoms with E-state index in [1.54, 1.807) is 0 Å². The van der Waals surface area contributed by atoms with Crippen LogP contribution in [0.1, 0.15) is 37.4 Å². The molecule has 0 aromatic carbocycles. The van der Waals surface area contributed by atoms with Crippen LogP contribution in [0.25, 0.3) is 0 Å². The molecule has 2 rings (SSSR count). The van der Waals surface area contributed by atoms with E-state index in [1.165, 1.54) is 22.8 Å². The minimum Gasteiger partial charge on any atom is -0.312 e. The second kappa shape index (κ2) is 7.23. The summed E-state index contributed by atoms with van der Waals surface area (Å²) >= 11 is 1.96. The Morgan fingerprint density at radius 3 is 2.62 bits per heavy atom. The average Bonchev–Trinajstić information content (AvgIpc) is 2.81. The van der Waals surface area contributed by atoms with Crippen molar-refractivity contribution in [1.29, 1.82) is 0 Å². The monoisotopic (exact) mass is 309 g/mol. The summed E-state index contributed by atoms with van der Waals surface area (Å²) < 4.78 is 0. The van der Waals surface area contributed by atoms with Crippen molar-refractivity contribution in [3.8, 4) is 0 Å². The number of hydrogen-bond acceptors (Lipinski definition) is 4. The molecule has 1 aromatic rings. The Labute approximate surface area is 134 Å². The number of nitrogens with one attached hydrogen (secondary N) is 1. The summed E-state index contributed by atoms with van der Waals surface area (Å²) in [6.07, 6.45) is 0. The van der Waals surface area contributed by atoms with Gasteiger partial charge in [0.1, 0.15) is 0 Å². The summed E-state index contributed by atoms with van der Waals surface area (Å²) in [7, 11) is 2.24. The molecule has 1 N–H and O–H groups in total. The first-order valence-corrected chi connectivity index (χ1v) is 8.90. The molecule has 0 bridgehead atoms. The van der Waals surface area contributed by atoms with Gasteiger partial charge in [-0.15, -0.1) is 11.3 Å². The molecule has 0 spiro atoms. The normalized spacial score (nSPS) is 20.3. The Kier molecular flexibility index (Phi) is 5.83. The van der Waals surface area contributed by atoms with Crippen LogP contribution in [0.3, 0.4) is 0 Å². The van der Waals surface area contributed by atoms with Gasteiger partial charge < -0.3 is 5.32 Å². The highest BCUT2D eigenvalue weighted by molar-refractivity contribution is 7.11. The molecule has 4 heteroatoms. The first-order chi connectivity index (χ1) is 9.87. The van der Waals surface area contributed by atoms with Gasteiger partial charge in [-0.2, -0.15) is 0 Å². The highest BCUT2D eigenvalue weighted by atomic mass is 32.1. The summed E-state index contributed by atoms with van der Waals surface area (Å²) in [4.78, 5) is 8.02. The predicted octanol–water partition coefficient (Wildman–Crippen LogP) is 3.02. The van der Waals surface area contributed by atoms with Crippen LogP contribution in [0.5, 0.6) is 0 Å². The van der Waals surface area contributed by atoms with E-state index < -0.39 is 0 Å². The second-order valence-electron chi connectivity index (χ2n) is 7.34. The van der Waals surface area contributed by atoms with Crippen LogP contribution in [0.15, 0.2) is 12.1 Å². The van der Waals surface area contributed by atoms with Crippen LogP contribution in [-0.2, 0) is 13.1 Å². The van der Waals surface area contributed by atoms with Crippen molar-refractivity contribution in [2.24, 2.45) is 5.92 Å². The molecule has 0 aliphatic carbocycles. The fraction of sp³-hybridized carbons (Fsp3) is 0.765. The molecule has 1 aromatic heterocycles. The summed E-state index contributed by atoms with van der Waals surface area (Å²) in [5.41, 5.74) is 0.289. The van der Waals surface area contributed by atoms with Crippen LogP contribution >= 0.6 is 11.3 Å². The minimum absolute atomic E-state index is 0.289. The molecule has 1 aliphatic rings. The highest BCUT2D eigenvalue weighted by Crippen LogP contribution is 2.23. The zero-order chi connectivity index (χ0) is 15.5. The van der Waals surface area contributed by atoms with E-state index in [0.29, 0.717) is 0 Å². The van der Waals surface area contributed by atoms with Crippen molar-refractivity contribution < 1.29 is 0 Å². The lowest BCUT2D eigenvalue weighted by molar-refractivity contribution is 0.0365. The van der Waals surface area contributed by atoms with Crippen molar-refractivity contribution in [3.63, 3.8) is 0 Å². The molecule has 0 radical (unpaired) electrons. The van der Waals surface area contributed by atoms with E-state index >= 15 is 0 Å². The van der Waals surface area contributed by atoms with Crippen molar-refractivity contribution in [3.05, 3.63) is 21.9 Å². The lowest BCUT2D eigenvalue weighted by Gasteiger charge is -2.45. The zero-order valence-electron chi connectivity index (χ0n) is 14.3. The van der Waals surface area contributed by atoms with Crippen LogP contribution in [0, 0.1) is 5.92 Å². The smallest absolute Gasteiger partial charge is 0.0329 e. The Balaban J connectivity index is 1.82. The van der Waals surface area contributed by atoms with Gasteiger partial charge in [0.25, 0.3) is 0 Å². The predicted molar refractivity (Wildman–Crippen MR) is 92.8 cm³/mol. The van der Waals surface area contributed by atoms with Gasteiger partial charge in [-0.1, -0.05) is 13.8 Å². The molecule has 21 heavy (non-hydrogen) atoms. The van der Waals surface area contributed by atoms with E-state index in [1.807, 2.05) is 11.3 Å². The van der Waals surface area contributed by atoms with Gasteiger partial charge >= 0.3 is 0 Å². The van der Waals surface area contributed by atoms with Crippen LogP contribution < -0.4 is 5.32 Å². The van der Waals surface area contributed by atoms with E-state index in [2.05, 4.69) is 62.0 Å². The Morgan fingerprint density at radius 1 is 1.24 bits per heavy atom. The summed E-state index contributed by atoms with van der Waals surface area (Å²) in [5.74, 6) is 0.719. The first kappa shape index (κ1) is 16.9. The highest BCUT2D eigenvalue weighted by Gasteiger charge is 2.30. The summed E-state index contributed by atoms with van der Waals surface area (Å²) in [6, 6.07) is 4.59. The van der Waals surface area contributed by atoms with Gasteiger partial charge in [0, 0.05) is 48.0 Å². The standard InChI is InChI=1S/C17H31N3S/c1-14(2)10-18-11-15-6-7-16(21-15)12-20-9-8-19(5)17(3,4)13-20/h6-7,14,18H,8-13H2,1-5H3. The maximum Gasteiger partial charge on any atom is 0.0329 e. The molecule has 0 saturated carbocycles. The zero-order valence-corrected chi connectivity index (χ0v) is 15.1.